The first-order chi connectivity index (χ1) is 11.1. The molecule has 3 rings (SSSR count). The first-order valence-corrected chi connectivity index (χ1v) is 7.82. The van der Waals surface area contributed by atoms with E-state index in [0.717, 1.165) is 23.4 Å². The highest BCUT2D eigenvalue weighted by molar-refractivity contribution is 5.93. The summed E-state index contributed by atoms with van der Waals surface area (Å²) in [6.07, 6.45) is 0.883. The number of aromatic nitrogens is 3. The van der Waals surface area contributed by atoms with Crippen molar-refractivity contribution < 1.29 is 4.79 Å². The molecule has 1 aromatic carbocycles. The molecule has 0 saturated carbocycles. The van der Waals surface area contributed by atoms with Crippen LogP contribution in [0.3, 0.4) is 0 Å². The molecule has 0 aliphatic rings. The Labute approximate surface area is 135 Å². The molecule has 118 valence electrons. The maximum atomic E-state index is 12.2. The second-order valence-electron chi connectivity index (χ2n) is 5.73. The van der Waals surface area contributed by atoms with E-state index < -0.39 is 0 Å². The lowest BCUT2D eigenvalue weighted by Gasteiger charge is -2.09. The Balaban J connectivity index is 2.00. The number of fused-ring (bicyclic) bond motifs is 1. The van der Waals surface area contributed by atoms with E-state index in [0.29, 0.717) is 11.3 Å². The summed E-state index contributed by atoms with van der Waals surface area (Å²) in [5.74, 6) is -0.162. The largest absolute Gasteiger partial charge is 0.348 e. The van der Waals surface area contributed by atoms with Gasteiger partial charge in [0.25, 0.3) is 5.91 Å². The Morgan fingerprint density at radius 3 is 2.70 bits per heavy atom. The van der Waals surface area contributed by atoms with E-state index in [4.69, 9.17) is 0 Å². The fourth-order valence-corrected chi connectivity index (χ4v) is 2.39. The molecule has 2 aromatic heterocycles. The first-order valence-electron chi connectivity index (χ1n) is 7.82. The molecular weight excluding hydrogens is 288 g/mol. The molecule has 0 radical (unpaired) electrons. The number of hydrogen-bond acceptors (Lipinski definition) is 3. The van der Waals surface area contributed by atoms with Gasteiger partial charge in [-0.3, -0.25) is 4.79 Å². The molecule has 3 aromatic rings. The van der Waals surface area contributed by atoms with E-state index in [1.54, 1.807) is 10.6 Å². The fourth-order valence-electron chi connectivity index (χ4n) is 2.39. The van der Waals surface area contributed by atoms with Gasteiger partial charge in [-0.1, -0.05) is 37.3 Å². The van der Waals surface area contributed by atoms with E-state index in [1.807, 2.05) is 57.2 Å². The molecule has 23 heavy (non-hydrogen) atoms. The van der Waals surface area contributed by atoms with Gasteiger partial charge in [-0.05, 0) is 26.3 Å². The predicted molar refractivity (Wildman–Crippen MR) is 90.4 cm³/mol. The zero-order valence-electron chi connectivity index (χ0n) is 13.6. The van der Waals surface area contributed by atoms with Crippen LogP contribution in [-0.4, -0.2) is 26.5 Å². The minimum Gasteiger partial charge on any atom is -0.348 e. The SMILES string of the molecule is CC[C@H](C)NC(=O)c1cc2nc(-c3ccccc3)cc(C)n2n1. The van der Waals surface area contributed by atoms with Crippen molar-refractivity contribution in [3.05, 3.63) is 53.9 Å². The number of benzene rings is 1. The average molecular weight is 308 g/mol. The molecule has 5 nitrogen and oxygen atoms in total. The van der Waals surface area contributed by atoms with Gasteiger partial charge in [-0.15, -0.1) is 0 Å². The Morgan fingerprint density at radius 2 is 2.00 bits per heavy atom. The number of aryl methyl sites for hydroxylation is 1. The number of nitrogens with one attached hydrogen (secondary N) is 1. The van der Waals surface area contributed by atoms with Gasteiger partial charge in [0.1, 0.15) is 0 Å². The van der Waals surface area contributed by atoms with Gasteiger partial charge < -0.3 is 5.32 Å². The average Bonchev–Trinajstić information content (AvgIpc) is 3.00. The summed E-state index contributed by atoms with van der Waals surface area (Å²) in [5, 5.41) is 7.31. The molecule has 0 bridgehead atoms. The van der Waals surface area contributed by atoms with Gasteiger partial charge in [0.15, 0.2) is 11.3 Å². The molecule has 0 aliphatic carbocycles. The normalized spacial score (nSPS) is 12.3. The molecular formula is C18H20N4O. The number of hydrogen-bond donors (Lipinski definition) is 1. The summed E-state index contributed by atoms with van der Waals surface area (Å²) < 4.78 is 1.71. The number of nitrogens with zero attached hydrogens (tertiary/aromatic N) is 3. The third kappa shape index (κ3) is 3.08. The van der Waals surface area contributed by atoms with Gasteiger partial charge in [0.05, 0.1) is 5.69 Å². The summed E-state index contributed by atoms with van der Waals surface area (Å²) in [7, 11) is 0. The molecule has 1 N–H and O–H groups in total. The maximum Gasteiger partial charge on any atom is 0.272 e. The lowest BCUT2D eigenvalue weighted by Crippen LogP contribution is -2.32. The first kappa shape index (κ1) is 15.2. The Hall–Kier alpha value is -2.69. The van der Waals surface area contributed by atoms with Crippen molar-refractivity contribution in [3.8, 4) is 11.3 Å². The van der Waals surface area contributed by atoms with Crippen LogP contribution < -0.4 is 5.32 Å². The van der Waals surface area contributed by atoms with E-state index in [9.17, 15) is 4.79 Å². The van der Waals surface area contributed by atoms with Crippen molar-refractivity contribution in [2.24, 2.45) is 0 Å². The molecule has 0 spiro atoms. The van der Waals surface area contributed by atoms with Crippen molar-refractivity contribution in [1.82, 2.24) is 19.9 Å². The van der Waals surface area contributed by atoms with Crippen molar-refractivity contribution in [3.63, 3.8) is 0 Å². The maximum absolute atomic E-state index is 12.2. The summed E-state index contributed by atoms with van der Waals surface area (Å²) in [4.78, 5) is 16.9. The third-order valence-electron chi connectivity index (χ3n) is 3.90. The minimum atomic E-state index is -0.162. The number of amides is 1. The van der Waals surface area contributed by atoms with E-state index >= 15 is 0 Å². The molecule has 1 atom stereocenters. The van der Waals surface area contributed by atoms with Crippen LogP contribution in [0.1, 0.15) is 36.5 Å². The zero-order chi connectivity index (χ0) is 16.4. The highest BCUT2D eigenvalue weighted by Gasteiger charge is 2.15. The summed E-state index contributed by atoms with van der Waals surface area (Å²) in [6.45, 7) is 5.97. The quantitative estimate of drug-likeness (QED) is 0.805. The lowest BCUT2D eigenvalue weighted by molar-refractivity contribution is 0.0934. The third-order valence-corrected chi connectivity index (χ3v) is 3.90. The van der Waals surface area contributed by atoms with Crippen LogP contribution in [0.15, 0.2) is 42.5 Å². The summed E-state index contributed by atoms with van der Waals surface area (Å²) >= 11 is 0. The van der Waals surface area contributed by atoms with Crippen LogP contribution in [0.2, 0.25) is 0 Å². The lowest BCUT2D eigenvalue weighted by atomic mass is 10.1. The van der Waals surface area contributed by atoms with Crippen molar-refractivity contribution in [1.29, 1.82) is 0 Å². The molecule has 0 fully saturated rings. The fraction of sp³-hybridized carbons (Fsp3) is 0.278. The highest BCUT2D eigenvalue weighted by Crippen LogP contribution is 2.19. The number of carbonyl (C=O) groups is 1. The van der Waals surface area contributed by atoms with Gasteiger partial charge in [0, 0.05) is 23.4 Å². The highest BCUT2D eigenvalue weighted by atomic mass is 16.2. The molecule has 5 heteroatoms. The molecule has 2 heterocycles. The Kier molecular flexibility index (Phi) is 4.10. The van der Waals surface area contributed by atoms with E-state index in [2.05, 4.69) is 15.4 Å². The van der Waals surface area contributed by atoms with Crippen LogP contribution in [0.25, 0.3) is 16.9 Å². The zero-order valence-corrected chi connectivity index (χ0v) is 13.6. The number of rotatable bonds is 4. The molecule has 0 aliphatic heterocycles. The minimum absolute atomic E-state index is 0.126. The molecule has 0 unspecified atom stereocenters. The van der Waals surface area contributed by atoms with Gasteiger partial charge in [-0.2, -0.15) is 5.10 Å². The summed E-state index contributed by atoms with van der Waals surface area (Å²) in [5.41, 5.74) is 3.94. The van der Waals surface area contributed by atoms with Crippen LogP contribution in [0.4, 0.5) is 0 Å². The van der Waals surface area contributed by atoms with Crippen molar-refractivity contribution in [2.75, 3.05) is 0 Å². The van der Waals surface area contributed by atoms with Crippen LogP contribution in [0.5, 0.6) is 0 Å². The summed E-state index contributed by atoms with van der Waals surface area (Å²) in [6, 6.07) is 13.8. The standard InChI is InChI=1S/C18H20N4O/c1-4-12(2)19-18(23)16-11-17-20-15(10-13(3)22(17)21-16)14-8-6-5-7-9-14/h5-12H,4H2,1-3H3,(H,19,23)/t12-/m0/s1. The van der Waals surface area contributed by atoms with Crippen LogP contribution >= 0.6 is 0 Å². The second-order valence-corrected chi connectivity index (χ2v) is 5.73. The molecule has 1 amide bonds. The van der Waals surface area contributed by atoms with Gasteiger partial charge >= 0.3 is 0 Å². The number of carbonyl (C=O) groups excluding carboxylic acids is 1. The monoisotopic (exact) mass is 308 g/mol. The van der Waals surface area contributed by atoms with E-state index in [1.165, 1.54) is 0 Å². The Morgan fingerprint density at radius 1 is 1.26 bits per heavy atom. The van der Waals surface area contributed by atoms with Gasteiger partial charge in [0.2, 0.25) is 0 Å². The van der Waals surface area contributed by atoms with Crippen molar-refractivity contribution >= 4 is 11.6 Å². The van der Waals surface area contributed by atoms with Crippen LogP contribution in [0, 0.1) is 6.92 Å². The van der Waals surface area contributed by atoms with Crippen molar-refractivity contribution in [2.45, 2.75) is 33.2 Å². The van der Waals surface area contributed by atoms with Gasteiger partial charge in [-0.25, -0.2) is 9.50 Å². The predicted octanol–water partition coefficient (Wildman–Crippen LogP) is 3.23. The van der Waals surface area contributed by atoms with Crippen LogP contribution in [-0.2, 0) is 0 Å². The van der Waals surface area contributed by atoms with E-state index in [-0.39, 0.29) is 11.9 Å². The topological polar surface area (TPSA) is 59.3 Å². The second kappa shape index (κ2) is 6.20. The molecule has 0 saturated heterocycles. The Bertz CT molecular complexity index is 839. The smallest absolute Gasteiger partial charge is 0.272 e.